The molecule has 0 aromatic heterocycles. The molecule has 2 aromatic rings. The lowest BCUT2D eigenvalue weighted by Crippen LogP contribution is -2.16. The largest absolute Gasteiger partial charge is 0.469 e. The van der Waals surface area contributed by atoms with Crippen LogP contribution in [0.5, 0.6) is 0 Å². The highest BCUT2D eigenvalue weighted by atomic mass is 16.5. The van der Waals surface area contributed by atoms with Gasteiger partial charge >= 0.3 is 17.9 Å². The van der Waals surface area contributed by atoms with E-state index in [0.717, 1.165) is 32.1 Å². The smallest absolute Gasteiger partial charge is 0.338 e. The second-order valence-corrected chi connectivity index (χ2v) is 9.07. The average molecular weight is 533 g/mol. The number of ether oxygens (including phenoxy) is 3. The maximum Gasteiger partial charge on any atom is 0.338 e. The number of rotatable bonds is 17. The van der Waals surface area contributed by atoms with Gasteiger partial charge in [-0.25, -0.2) is 9.59 Å². The van der Waals surface area contributed by atoms with Crippen molar-refractivity contribution >= 4 is 17.9 Å². The lowest BCUT2D eigenvalue weighted by molar-refractivity contribution is -0.140. The minimum atomic E-state index is -0.350. The number of hydrogen-bond donors (Lipinski definition) is 0. The van der Waals surface area contributed by atoms with E-state index in [1.165, 1.54) is 7.11 Å². The van der Waals surface area contributed by atoms with Crippen LogP contribution in [0.1, 0.15) is 79.0 Å². The number of methoxy groups -OCH3 is 1. The third kappa shape index (κ3) is 13.4. The Balaban J connectivity index is 1.86. The minimum absolute atomic E-state index is 0.172. The molecule has 0 spiro atoms. The third-order valence-electron chi connectivity index (χ3n) is 6.02. The quantitative estimate of drug-likeness (QED) is 0.0913. The van der Waals surface area contributed by atoms with E-state index in [-0.39, 0.29) is 30.1 Å². The number of hydrogen-bond acceptors (Lipinski definition) is 6. The van der Waals surface area contributed by atoms with Gasteiger partial charge in [0.05, 0.1) is 18.2 Å². The van der Waals surface area contributed by atoms with Gasteiger partial charge in [-0.05, 0) is 62.1 Å². The van der Waals surface area contributed by atoms with Crippen molar-refractivity contribution in [3.63, 3.8) is 0 Å². The molecule has 6 nitrogen and oxygen atoms in total. The second kappa shape index (κ2) is 19.2. The van der Waals surface area contributed by atoms with Crippen LogP contribution < -0.4 is 0 Å². The van der Waals surface area contributed by atoms with Gasteiger partial charge in [0.25, 0.3) is 0 Å². The summed E-state index contributed by atoms with van der Waals surface area (Å²) in [5, 5.41) is 0. The van der Waals surface area contributed by atoms with Crippen LogP contribution >= 0.6 is 0 Å². The van der Waals surface area contributed by atoms with Crippen LogP contribution in [-0.4, -0.2) is 37.2 Å². The van der Waals surface area contributed by atoms with Crippen LogP contribution in [0.4, 0.5) is 0 Å². The highest BCUT2D eigenvalue weighted by molar-refractivity contribution is 5.90. The van der Waals surface area contributed by atoms with Crippen molar-refractivity contribution in [3.05, 3.63) is 108 Å². The maximum atomic E-state index is 12.6. The lowest BCUT2D eigenvalue weighted by atomic mass is 10.1. The summed E-state index contributed by atoms with van der Waals surface area (Å²) in [5.41, 5.74) is 1.05. The molecule has 0 aliphatic carbocycles. The van der Waals surface area contributed by atoms with Crippen molar-refractivity contribution in [3.8, 4) is 0 Å². The van der Waals surface area contributed by atoms with Gasteiger partial charge < -0.3 is 14.2 Å². The van der Waals surface area contributed by atoms with Gasteiger partial charge in [0.2, 0.25) is 0 Å². The van der Waals surface area contributed by atoms with Gasteiger partial charge in [0.1, 0.15) is 12.2 Å². The molecular formula is C33H40O6. The van der Waals surface area contributed by atoms with Crippen LogP contribution in [0.3, 0.4) is 0 Å². The second-order valence-electron chi connectivity index (χ2n) is 9.07. The van der Waals surface area contributed by atoms with Crippen LogP contribution in [0.15, 0.2) is 97.1 Å². The Bertz CT molecular complexity index is 1070. The van der Waals surface area contributed by atoms with E-state index in [1.807, 2.05) is 67.6 Å². The summed E-state index contributed by atoms with van der Waals surface area (Å²) in [7, 11) is 1.41. The number of carbonyl (C=O) groups excluding carboxylic acids is 3. The Hall–Kier alpha value is -3.93. The van der Waals surface area contributed by atoms with E-state index in [0.29, 0.717) is 30.4 Å². The molecule has 0 saturated heterocycles. The fourth-order valence-corrected chi connectivity index (χ4v) is 3.76. The zero-order valence-electron chi connectivity index (χ0n) is 23.0. The van der Waals surface area contributed by atoms with E-state index >= 15 is 0 Å². The molecule has 2 aromatic carbocycles. The Morgan fingerprint density at radius 3 is 1.69 bits per heavy atom. The van der Waals surface area contributed by atoms with Crippen molar-refractivity contribution < 1.29 is 28.6 Å². The number of benzene rings is 2. The zero-order chi connectivity index (χ0) is 28.1. The first-order chi connectivity index (χ1) is 19.0. The molecule has 6 heteroatoms. The van der Waals surface area contributed by atoms with E-state index in [4.69, 9.17) is 9.47 Å². The summed E-state index contributed by atoms with van der Waals surface area (Å²) in [6, 6.07) is 17.9. The van der Waals surface area contributed by atoms with Crippen molar-refractivity contribution in [2.24, 2.45) is 0 Å². The highest BCUT2D eigenvalue weighted by Gasteiger charge is 2.13. The van der Waals surface area contributed by atoms with Crippen molar-refractivity contribution in [1.82, 2.24) is 0 Å². The van der Waals surface area contributed by atoms with E-state index in [2.05, 4.69) is 4.74 Å². The molecule has 0 radical (unpaired) electrons. The SMILES string of the molecule is CCC(\C=C/C=C\C=C/C(CCCCCCCC(=O)OC)OC(=O)c1ccccc1)OC(=O)c1ccccc1. The lowest BCUT2D eigenvalue weighted by Gasteiger charge is -2.14. The van der Waals surface area contributed by atoms with Gasteiger partial charge in [-0.2, -0.15) is 0 Å². The molecule has 208 valence electrons. The van der Waals surface area contributed by atoms with Gasteiger partial charge in [-0.1, -0.05) is 86.9 Å². The molecule has 0 amide bonds. The molecule has 2 unspecified atom stereocenters. The molecule has 0 heterocycles. The summed E-state index contributed by atoms with van der Waals surface area (Å²) < 4.78 is 16.0. The monoisotopic (exact) mass is 532 g/mol. The zero-order valence-corrected chi connectivity index (χ0v) is 23.0. The normalized spacial score (nSPS) is 13.0. The number of carbonyl (C=O) groups is 3. The van der Waals surface area contributed by atoms with Crippen molar-refractivity contribution in [2.45, 2.75) is 70.5 Å². The predicted molar refractivity (Wildman–Crippen MR) is 153 cm³/mol. The fraction of sp³-hybridized carbons (Fsp3) is 0.364. The van der Waals surface area contributed by atoms with Crippen LogP contribution in [0.25, 0.3) is 0 Å². The molecule has 2 rings (SSSR count). The molecule has 0 bridgehead atoms. The molecule has 2 atom stereocenters. The van der Waals surface area contributed by atoms with E-state index in [1.54, 1.807) is 36.4 Å². The molecule has 0 aliphatic rings. The van der Waals surface area contributed by atoms with Crippen LogP contribution in [-0.2, 0) is 19.0 Å². The molecular weight excluding hydrogens is 492 g/mol. The number of allylic oxidation sites excluding steroid dienone is 4. The Morgan fingerprint density at radius 2 is 1.15 bits per heavy atom. The summed E-state index contributed by atoms with van der Waals surface area (Å²) in [6.45, 7) is 1.96. The van der Waals surface area contributed by atoms with E-state index < -0.39 is 0 Å². The summed E-state index contributed by atoms with van der Waals surface area (Å²) in [5.74, 6) is -0.866. The standard InChI is InChI=1S/C33H40O6/c1-3-29(38-32(35)27-19-11-9-12-20-27)23-15-7-8-17-25-30(39-33(36)28-21-13-10-14-22-28)24-16-5-4-6-18-26-31(34)37-2/h7-15,17,19-23,25,29-30H,3-6,16,18,24,26H2,1-2H3/b8-7-,23-15-,25-17-. The number of esters is 3. The van der Waals surface area contributed by atoms with Gasteiger partial charge in [-0.3, -0.25) is 4.79 Å². The maximum absolute atomic E-state index is 12.6. The Labute approximate surface area is 232 Å². The first kappa shape index (κ1) is 31.3. The first-order valence-corrected chi connectivity index (χ1v) is 13.6. The molecule has 0 fully saturated rings. The summed E-state index contributed by atoms with van der Waals surface area (Å²) in [4.78, 5) is 36.1. The molecule has 0 saturated carbocycles. The fourth-order valence-electron chi connectivity index (χ4n) is 3.76. The Kier molecular flexibility index (Phi) is 15.4. The molecule has 39 heavy (non-hydrogen) atoms. The summed E-state index contributed by atoms with van der Waals surface area (Å²) >= 11 is 0. The predicted octanol–water partition coefficient (Wildman–Crippen LogP) is 7.42. The number of unbranched alkanes of at least 4 members (excludes halogenated alkanes) is 4. The Morgan fingerprint density at radius 1 is 0.667 bits per heavy atom. The minimum Gasteiger partial charge on any atom is -0.469 e. The van der Waals surface area contributed by atoms with Gasteiger partial charge in [0.15, 0.2) is 0 Å². The first-order valence-electron chi connectivity index (χ1n) is 13.6. The van der Waals surface area contributed by atoms with Crippen LogP contribution in [0.2, 0.25) is 0 Å². The summed E-state index contributed by atoms with van der Waals surface area (Å²) in [6.07, 6.45) is 17.0. The average Bonchev–Trinajstić information content (AvgIpc) is 2.97. The van der Waals surface area contributed by atoms with Crippen LogP contribution in [0, 0.1) is 0 Å². The van der Waals surface area contributed by atoms with Crippen molar-refractivity contribution in [1.29, 1.82) is 0 Å². The van der Waals surface area contributed by atoms with E-state index in [9.17, 15) is 14.4 Å². The molecule has 0 N–H and O–H groups in total. The van der Waals surface area contributed by atoms with Gasteiger partial charge in [-0.15, -0.1) is 0 Å². The van der Waals surface area contributed by atoms with Crippen molar-refractivity contribution in [2.75, 3.05) is 7.11 Å². The highest BCUT2D eigenvalue weighted by Crippen LogP contribution is 2.14. The topological polar surface area (TPSA) is 78.9 Å². The third-order valence-corrected chi connectivity index (χ3v) is 6.02. The van der Waals surface area contributed by atoms with Gasteiger partial charge in [0, 0.05) is 6.42 Å². The molecule has 0 aliphatic heterocycles.